The predicted octanol–water partition coefficient (Wildman–Crippen LogP) is 15.9. The summed E-state index contributed by atoms with van der Waals surface area (Å²) in [5, 5.41) is 23.4. The molecule has 0 aliphatic rings. The van der Waals surface area contributed by atoms with Crippen LogP contribution in [0.15, 0.2) is 246 Å². The van der Waals surface area contributed by atoms with Crippen molar-refractivity contribution in [3.63, 3.8) is 0 Å². The van der Waals surface area contributed by atoms with E-state index in [1.807, 2.05) is 54.6 Å². The summed E-state index contributed by atoms with van der Waals surface area (Å²) in [6, 6.07) is 81.7. The number of fused-ring (bicyclic) bond motifs is 6. The monoisotopic (exact) mass is 992 g/mol. The lowest BCUT2D eigenvalue weighted by Crippen LogP contribution is -2.31. The third-order valence-corrected chi connectivity index (χ3v) is 13.1. The van der Waals surface area contributed by atoms with E-state index < -0.39 is 7.12 Å². The molecule has 0 saturated heterocycles. The van der Waals surface area contributed by atoms with Crippen LogP contribution < -0.4 is 5.46 Å². The number of aromatic nitrogens is 2. The van der Waals surface area contributed by atoms with Crippen LogP contribution in [0.3, 0.4) is 0 Å². The van der Waals surface area contributed by atoms with Gasteiger partial charge in [0.2, 0.25) is 0 Å². The molecule has 322 valence electrons. The lowest BCUT2D eigenvalue weighted by atomic mass is 9.75. The molecule has 0 aliphatic carbocycles. The molecule has 10 aromatic carbocycles. The van der Waals surface area contributed by atoms with E-state index in [0.717, 1.165) is 31.1 Å². The van der Waals surface area contributed by atoms with E-state index in [1.165, 1.54) is 77.1 Å². The molecule has 0 amide bonds. The van der Waals surface area contributed by atoms with E-state index in [2.05, 4.69) is 212 Å². The second kappa shape index (κ2) is 19.7. The fourth-order valence-corrected chi connectivity index (χ4v) is 9.61. The minimum absolute atomic E-state index is 0.531. The number of benzene rings is 10. The minimum Gasteiger partial charge on any atom is -0.423 e. The van der Waals surface area contributed by atoms with Crippen LogP contribution in [0.4, 0.5) is 0 Å². The highest BCUT2D eigenvalue weighted by Crippen LogP contribution is 2.39. The van der Waals surface area contributed by atoms with Crippen LogP contribution in [0.2, 0.25) is 0 Å². The first-order valence-electron chi connectivity index (χ1n) is 22.1. The average Bonchev–Trinajstić information content (AvgIpc) is 3.94. The van der Waals surface area contributed by atoms with Gasteiger partial charge < -0.3 is 20.0 Å². The maximum atomic E-state index is 9.22. The quantitative estimate of drug-likeness (QED) is 0.125. The minimum atomic E-state index is -1.43. The first kappa shape index (κ1) is 43.6. The summed E-state index contributed by atoms with van der Waals surface area (Å²) in [5.41, 5.74) is 16.9. The van der Waals surface area contributed by atoms with Gasteiger partial charge in [0, 0.05) is 52.6 Å². The maximum absolute atomic E-state index is 9.22. The second-order valence-electron chi connectivity index (χ2n) is 16.3. The molecule has 0 saturated carbocycles. The molecule has 0 aliphatic heterocycles. The van der Waals surface area contributed by atoms with Gasteiger partial charge in [-0.3, -0.25) is 0 Å². The molecule has 0 fully saturated rings. The zero-order chi connectivity index (χ0) is 45.7. The fourth-order valence-electron chi connectivity index (χ4n) is 8.89. The van der Waals surface area contributed by atoms with Crippen LogP contribution in [-0.4, -0.2) is 27.1 Å². The van der Waals surface area contributed by atoms with Crippen LogP contribution in [0.1, 0.15) is 0 Å². The number of hydrogen-bond acceptors (Lipinski definition) is 2. The Hall–Kier alpha value is -7.26. The summed E-state index contributed by atoms with van der Waals surface area (Å²) in [5.74, 6) is 0. The van der Waals surface area contributed by atoms with Crippen LogP contribution in [-0.2, 0) is 0 Å². The van der Waals surface area contributed by atoms with Crippen LogP contribution in [0, 0.1) is 0 Å². The van der Waals surface area contributed by atoms with Crippen molar-refractivity contribution in [3.05, 3.63) is 246 Å². The molecule has 12 rings (SSSR count). The molecule has 0 unspecified atom stereocenters. The van der Waals surface area contributed by atoms with Gasteiger partial charge in [-0.05, 0) is 122 Å². The predicted molar refractivity (Wildman–Crippen MR) is 290 cm³/mol. The fraction of sp³-hybridized carbons (Fsp3) is 0. The molecule has 67 heavy (non-hydrogen) atoms. The Morgan fingerprint density at radius 3 is 0.970 bits per heavy atom. The molecule has 2 aromatic heterocycles. The third kappa shape index (κ3) is 9.41. The molecular formula is C60H43BBr2N2O2. The van der Waals surface area contributed by atoms with Crippen molar-refractivity contribution in [2.75, 3.05) is 0 Å². The van der Waals surface area contributed by atoms with Crippen molar-refractivity contribution >= 4 is 88.1 Å². The summed E-state index contributed by atoms with van der Waals surface area (Å²) in [6.07, 6.45) is 0. The highest BCUT2D eigenvalue weighted by atomic mass is 79.9. The van der Waals surface area contributed by atoms with E-state index in [-0.39, 0.29) is 0 Å². The Balaban J connectivity index is 0.000000143. The van der Waals surface area contributed by atoms with Crippen LogP contribution >= 0.6 is 31.9 Å². The Morgan fingerprint density at radius 1 is 0.284 bits per heavy atom. The van der Waals surface area contributed by atoms with Gasteiger partial charge in [-0.2, -0.15) is 0 Å². The van der Waals surface area contributed by atoms with E-state index in [0.29, 0.717) is 5.46 Å². The van der Waals surface area contributed by atoms with E-state index in [9.17, 15) is 10.0 Å². The summed E-state index contributed by atoms with van der Waals surface area (Å²) >= 11 is 6.99. The van der Waals surface area contributed by atoms with Crippen LogP contribution in [0.25, 0.3) is 99.2 Å². The normalized spacial score (nSPS) is 11.0. The van der Waals surface area contributed by atoms with Gasteiger partial charge in [0.05, 0.1) is 0 Å². The molecule has 0 bridgehead atoms. The van der Waals surface area contributed by atoms with Gasteiger partial charge >= 0.3 is 7.12 Å². The number of H-pyrrole nitrogens is 2. The number of halogens is 2. The Labute approximate surface area is 406 Å². The van der Waals surface area contributed by atoms with Gasteiger partial charge in [-0.25, -0.2) is 0 Å². The van der Waals surface area contributed by atoms with Crippen molar-refractivity contribution in [3.8, 4) is 55.6 Å². The Morgan fingerprint density at radius 2 is 0.582 bits per heavy atom. The number of nitrogens with one attached hydrogen (secondary N) is 2. The van der Waals surface area contributed by atoms with Gasteiger partial charge in [0.1, 0.15) is 0 Å². The van der Waals surface area contributed by atoms with Gasteiger partial charge in [-0.15, -0.1) is 0 Å². The zero-order valence-electron chi connectivity index (χ0n) is 36.2. The Bertz CT molecular complexity index is 3450. The van der Waals surface area contributed by atoms with E-state index in [1.54, 1.807) is 12.1 Å². The zero-order valence-corrected chi connectivity index (χ0v) is 39.4. The smallest absolute Gasteiger partial charge is 0.423 e. The summed E-state index contributed by atoms with van der Waals surface area (Å²) in [4.78, 5) is 7.02. The van der Waals surface area contributed by atoms with Crippen molar-refractivity contribution in [1.82, 2.24) is 9.97 Å². The highest BCUT2D eigenvalue weighted by Gasteiger charge is 2.16. The van der Waals surface area contributed by atoms with Crippen LogP contribution in [0.5, 0.6) is 0 Å². The lowest BCUT2D eigenvalue weighted by Gasteiger charge is -2.11. The number of rotatable bonds is 6. The molecule has 0 atom stereocenters. The number of hydrogen-bond donors (Lipinski definition) is 4. The van der Waals surface area contributed by atoms with Crippen molar-refractivity contribution in [2.45, 2.75) is 0 Å². The maximum Gasteiger partial charge on any atom is 0.489 e. The summed E-state index contributed by atoms with van der Waals surface area (Å²) in [6.45, 7) is 0. The van der Waals surface area contributed by atoms with E-state index >= 15 is 0 Å². The first-order chi connectivity index (χ1) is 32.9. The third-order valence-electron chi connectivity index (χ3n) is 12.1. The average molecular weight is 995 g/mol. The molecule has 0 radical (unpaired) electrons. The molecule has 4 nitrogen and oxygen atoms in total. The second-order valence-corrected chi connectivity index (χ2v) is 18.1. The standard InChI is InChI=1S/C36H25N.C12H11BO2.C12H7Br2N/c1-3-11-25(12-4-1)29-15-7-9-17-31(29)27-19-21-35-33(23-27)34-24-28(20-22-36(34)37-35)32-18-10-8-16-30(32)26-13-5-2-6-14-26;14-13(15)12-9-5-4-8-11(12)10-6-2-1-3-7-10;13-7-1-3-11-9(5-7)10-6-8(14)2-4-12(10)15-11/h1-24,37H;1-9,14-15H;1-6,15H. The molecule has 7 heteroatoms. The van der Waals surface area contributed by atoms with Gasteiger partial charge in [-0.1, -0.05) is 208 Å². The highest BCUT2D eigenvalue weighted by molar-refractivity contribution is 9.10. The SMILES string of the molecule is Brc1ccc2[nH]c3ccc(Br)cc3c2c1.OB(O)c1ccccc1-c1ccccc1.c1ccc(-c2ccccc2-c2ccc3[nH]c4ccc(-c5ccccc5-c5ccccc5)cc4c3c2)cc1. The van der Waals surface area contributed by atoms with Crippen molar-refractivity contribution in [2.24, 2.45) is 0 Å². The molecule has 0 spiro atoms. The lowest BCUT2D eigenvalue weighted by molar-refractivity contribution is 0.426. The molecule has 2 heterocycles. The molecule has 4 N–H and O–H groups in total. The summed E-state index contributed by atoms with van der Waals surface area (Å²) in [7, 11) is -1.43. The van der Waals surface area contributed by atoms with Crippen molar-refractivity contribution in [1.29, 1.82) is 0 Å². The molecule has 12 aromatic rings. The van der Waals surface area contributed by atoms with Gasteiger partial charge in [0.25, 0.3) is 0 Å². The number of aromatic amines is 2. The first-order valence-corrected chi connectivity index (χ1v) is 23.7. The molecular weight excluding hydrogens is 951 g/mol. The Kier molecular flexibility index (Phi) is 12.8. The van der Waals surface area contributed by atoms with Crippen molar-refractivity contribution < 1.29 is 10.0 Å². The van der Waals surface area contributed by atoms with E-state index in [4.69, 9.17) is 0 Å². The summed E-state index contributed by atoms with van der Waals surface area (Å²) < 4.78 is 2.21. The largest absolute Gasteiger partial charge is 0.489 e. The van der Waals surface area contributed by atoms with Gasteiger partial charge in [0.15, 0.2) is 0 Å². The topological polar surface area (TPSA) is 72.0 Å².